The molecule has 1 saturated heterocycles. The maximum atomic E-state index is 10.7. The van der Waals surface area contributed by atoms with Crippen molar-refractivity contribution >= 4 is 5.91 Å². The van der Waals surface area contributed by atoms with E-state index in [0.717, 1.165) is 0 Å². The van der Waals surface area contributed by atoms with Gasteiger partial charge >= 0.3 is 0 Å². The monoisotopic (exact) mass is 128 g/mol. The van der Waals surface area contributed by atoms with Gasteiger partial charge in [-0.05, 0) is 13.8 Å². The Bertz CT molecular complexity index is 142. The third-order valence-electron chi connectivity index (χ3n) is 1.79. The first-order chi connectivity index (χ1) is 4.02. The minimum atomic E-state index is -0.00289. The van der Waals surface area contributed by atoms with Crippen LogP contribution in [0.2, 0.25) is 0 Å². The van der Waals surface area contributed by atoms with Crippen LogP contribution in [0.4, 0.5) is 0 Å². The maximum Gasteiger partial charge on any atom is 0.236 e. The van der Waals surface area contributed by atoms with Gasteiger partial charge in [0.2, 0.25) is 5.91 Å². The van der Waals surface area contributed by atoms with Crippen molar-refractivity contribution in [2.75, 3.05) is 7.05 Å². The first-order valence-electron chi connectivity index (χ1n) is 3.06. The molecule has 0 bridgehead atoms. The second-order valence-corrected chi connectivity index (χ2v) is 3.08. The molecule has 0 saturated carbocycles. The summed E-state index contributed by atoms with van der Waals surface area (Å²) in [6.45, 7) is 4.07. The van der Waals surface area contributed by atoms with Crippen LogP contribution in [0.25, 0.3) is 0 Å². The van der Waals surface area contributed by atoms with Crippen LogP contribution < -0.4 is 5.43 Å². The molecule has 0 aromatic carbocycles. The van der Waals surface area contributed by atoms with Crippen LogP contribution in [0.1, 0.15) is 20.3 Å². The van der Waals surface area contributed by atoms with Crippen LogP contribution in [0, 0.1) is 0 Å². The normalized spacial score (nSPS) is 26.3. The summed E-state index contributed by atoms with van der Waals surface area (Å²) in [5.41, 5.74) is 2.70. The van der Waals surface area contributed by atoms with E-state index in [-0.39, 0.29) is 11.4 Å². The van der Waals surface area contributed by atoms with Crippen molar-refractivity contribution in [3.8, 4) is 0 Å². The molecule has 52 valence electrons. The Morgan fingerprint density at radius 2 is 2.22 bits per heavy atom. The zero-order valence-corrected chi connectivity index (χ0v) is 6.06. The number of carbonyl (C=O) groups is 1. The van der Waals surface area contributed by atoms with Crippen molar-refractivity contribution in [1.29, 1.82) is 0 Å². The standard InChI is InChI=1S/C6H12N2O/c1-6(2)4-5(9)7-8(6)3/h4H2,1-3H3,(H,7,9). The number of hydrogen-bond acceptors (Lipinski definition) is 2. The zero-order valence-electron chi connectivity index (χ0n) is 6.06. The van der Waals surface area contributed by atoms with E-state index in [1.807, 2.05) is 25.9 Å². The lowest BCUT2D eigenvalue weighted by Gasteiger charge is -2.24. The van der Waals surface area contributed by atoms with Gasteiger partial charge in [-0.2, -0.15) is 0 Å². The Labute approximate surface area is 55.0 Å². The third kappa shape index (κ3) is 1.05. The van der Waals surface area contributed by atoms with Crippen molar-refractivity contribution < 1.29 is 4.79 Å². The molecule has 0 atom stereocenters. The number of carbonyl (C=O) groups excluding carboxylic acids is 1. The van der Waals surface area contributed by atoms with Gasteiger partial charge in [0.1, 0.15) is 0 Å². The van der Waals surface area contributed by atoms with Gasteiger partial charge in [0.15, 0.2) is 0 Å². The minimum absolute atomic E-state index is 0.00289. The van der Waals surface area contributed by atoms with Crippen molar-refractivity contribution in [3.63, 3.8) is 0 Å². The summed E-state index contributed by atoms with van der Waals surface area (Å²) in [7, 11) is 1.88. The Morgan fingerprint density at radius 1 is 1.67 bits per heavy atom. The highest BCUT2D eigenvalue weighted by Crippen LogP contribution is 2.19. The maximum absolute atomic E-state index is 10.7. The largest absolute Gasteiger partial charge is 0.289 e. The molecule has 1 aliphatic rings. The molecular formula is C6H12N2O. The molecule has 0 radical (unpaired) electrons. The van der Waals surface area contributed by atoms with Crippen LogP contribution >= 0.6 is 0 Å². The zero-order chi connectivity index (χ0) is 7.07. The Hall–Kier alpha value is -0.570. The molecular weight excluding hydrogens is 116 g/mol. The van der Waals surface area contributed by atoms with Gasteiger partial charge in [-0.1, -0.05) is 0 Å². The Balaban J connectivity index is 2.69. The van der Waals surface area contributed by atoms with Crippen molar-refractivity contribution in [3.05, 3.63) is 0 Å². The number of hydrogen-bond donors (Lipinski definition) is 1. The van der Waals surface area contributed by atoms with E-state index in [1.165, 1.54) is 0 Å². The number of hydrazine groups is 1. The van der Waals surface area contributed by atoms with Crippen molar-refractivity contribution in [2.45, 2.75) is 25.8 Å². The van der Waals surface area contributed by atoms with E-state index in [1.54, 1.807) is 0 Å². The van der Waals surface area contributed by atoms with E-state index >= 15 is 0 Å². The molecule has 0 aromatic rings. The molecule has 1 fully saturated rings. The molecule has 3 heteroatoms. The number of nitrogens with zero attached hydrogens (tertiary/aromatic N) is 1. The van der Waals surface area contributed by atoms with Gasteiger partial charge in [-0.25, -0.2) is 5.01 Å². The van der Waals surface area contributed by atoms with E-state index in [2.05, 4.69) is 5.43 Å². The highest BCUT2D eigenvalue weighted by Gasteiger charge is 2.34. The lowest BCUT2D eigenvalue weighted by Crippen LogP contribution is -2.40. The fraction of sp³-hybridized carbons (Fsp3) is 0.833. The molecule has 0 unspecified atom stereocenters. The van der Waals surface area contributed by atoms with Gasteiger partial charge in [0.25, 0.3) is 0 Å². The van der Waals surface area contributed by atoms with E-state index < -0.39 is 0 Å². The van der Waals surface area contributed by atoms with Gasteiger partial charge in [0, 0.05) is 19.0 Å². The molecule has 0 spiro atoms. The smallest absolute Gasteiger partial charge is 0.236 e. The minimum Gasteiger partial charge on any atom is -0.289 e. The fourth-order valence-corrected chi connectivity index (χ4v) is 0.889. The lowest BCUT2D eigenvalue weighted by atomic mass is 10.0. The van der Waals surface area contributed by atoms with Crippen LogP contribution in [0.3, 0.4) is 0 Å². The molecule has 1 heterocycles. The number of rotatable bonds is 0. The highest BCUT2D eigenvalue weighted by molar-refractivity contribution is 5.78. The first-order valence-corrected chi connectivity index (χ1v) is 3.06. The van der Waals surface area contributed by atoms with E-state index in [4.69, 9.17) is 0 Å². The predicted molar refractivity (Wildman–Crippen MR) is 34.6 cm³/mol. The molecule has 0 aromatic heterocycles. The number of nitrogens with one attached hydrogen (secondary N) is 1. The third-order valence-corrected chi connectivity index (χ3v) is 1.79. The van der Waals surface area contributed by atoms with Crippen LogP contribution in [0.5, 0.6) is 0 Å². The molecule has 9 heavy (non-hydrogen) atoms. The van der Waals surface area contributed by atoms with E-state index in [0.29, 0.717) is 6.42 Å². The summed E-state index contributed by atoms with van der Waals surface area (Å²) in [5.74, 6) is 0.113. The highest BCUT2D eigenvalue weighted by atomic mass is 16.2. The molecule has 0 aliphatic carbocycles. The SMILES string of the molecule is CN1NC(=O)CC1(C)C. The average Bonchev–Trinajstić information content (AvgIpc) is 1.79. The first kappa shape index (κ1) is 6.55. The average molecular weight is 128 g/mol. The van der Waals surface area contributed by atoms with Gasteiger partial charge < -0.3 is 0 Å². The summed E-state index contributed by atoms with van der Waals surface area (Å²) >= 11 is 0. The summed E-state index contributed by atoms with van der Waals surface area (Å²) in [6, 6.07) is 0. The summed E-state index contributed by atoms with van der Waals surface area (Å²) in [4.78, 5) is 10.7. The summed E-state index contributed by atoms with van der Waals surface area (Å²) in [5, 5.41) is 1.84. The van der Waals surface area contributed by atoms with Gasteiger partial charge in [-0.15, -0.1) is 0 Å². The second-order valence-electron chi connectivity index (χ2n) is 3.08. The van der Waals surface area contributed by atoms with E-state index in [9.17, 15) is 4.79 Å². The molecule has 3 nitrogen and oxygen atoms in total. The lowest BCUT2D eigenvalue weighted by molar-refractivity contribution is -0.120. The van der Waals surface area contributed by atoms with Gasteiger partial charge in [-0.3, -0.25) is 10.2 Å². The van der Waals surface area contributed by atoms with Crippen LogP contribution in [0.15, 0.2) is 0 Å². The summed E-state index contributed by atoms with van der Waals surface area (Å²) < 4.78 is 0. The number of amides is 1. The van der Waals surface area contributed by atoms with Crippen molar-refractivity contribution in [1.82, 2.24) is 10.4 Å². The predicted octanol–water partition coefficient (Wildman–Crippen LogP) is 0.132. The van der Waals surface area contributed by atoms with Crippen LogP contribution in [-0.2, 0) is 4.79 Å². The summed E-state index contributed by atoms with van der Waals surface area (Å²) in [6.07, 6.45) is 0.601. The molecule has 1 rings (SSSR count). The van der Waals surface area contributed by atoms with Crippen LogP contribution in [-0.4, -0.2) is 23.5 Å². The molecule has 1 aliphatic heterocycles. The quantitative estimate of drug-likeness (QED) is 0.503. The Morgan fingerprint density at radius 3 is 2.33 bits per heavy atom. The topological polar surface area (TPSA) is 32.3 Å². The molecule has 1 amide bonds. The van der Waals surface area contributed by atoms with Gasteiger partial charge in [0.05, 0.1) is 0 Å². The Kier molecular flexibility index (Phi) is 1.24. The molecule has 1 N–H and O–H groups in total. The fourth-order valence-electron chi connectivity index (χ4n) is 0.889. The van der Waals surface area contributed by atoms with Crippen molar-refractivity contribution in [2.24, 2.45) is 0 Å². The second kappa shape index (κ2) is 1.70.